The van der Waals surface area contributed by atoms with E-state index >= 15 is 0 Å². The Hall–Kier alpha value is -1.03. The molecule has 1 unspecified atom stereocenters. The third-order valence-corrected chi connectivity index (χ3v) is 3.83. The third-order valence-electron chi connectivity index (χ3n) is 3.11. The summed E-state index contributed by atoms with van der Waals surface area (Å²) in [6.07, 6.45) is 1.64. The van der Waals surface area contributed by atoms with Crippen LogP contribution in [0.1, 0.15) is 42.8 Å². The van der Waals surface area contributed by atoms with E-state index in [0.29, 0.717) is 5.02 Å². The van der Waals surface area contributed by atoms with E-state index in [9.17, 15) is 0 Å². The molecule has 1 heterocycles. The predicted molar refractivity (Wildman–Crippen MR) is 79.8 cm³/mol. The fourth-order valence-electron chi connectivity index (χ4n) is 2.07. The zero-order chi connectivity index (χ0) is 14.2. The standard InChI is InChI=1S/C14H17Cl2N3/c1-8(2)19-14(12(16)7-18-19)13(17)10-4-5-11(15)9(3)6-10/h4-8,13H,17H2,1-3H3. The highest BCUT2D eigenvalue weighted by Crippen LogP contribution is 2.30. The van der Waals surface area contributed by atoms with Gasteiger partial charge in [-0.3, -0.25) is 4.68 Å². The molecule has 5 heteroatoms. The van der Waals surface area contributed by atoms with E-state index in [1.165, 1.54) is 0 Å². The maximum atomic E-state index is 6.33. The summed E-state index contributed by atoms with van der Waals surface area (Å²) in [7, 11) is 0. The van der Waals surface area contributed by atoms with Gasteiger partial charge in [0.2, 0.25) is 0 Å². The van der Waals surface area contributed by atoms with E-state index in [1.807, 2.05) is 43.7 Å². The van der Waals surface area contributed by atoms with Crippen molar-refractivity contribution >= 4 is 23.2 Å². The van der Waals surface area contributed by atoms with E-state index < -0.39 is 0 Å². The molecule has 1 aromatic heterocycles. The third kappa shape index (κ3) is 2.78. The lowest BCUT2D eigenvalue weighted by Crippen LogP contribution is -2.19. The van der Waals surface area contributed by atoms with Crippen molar-refractivity contribution in [3.05, 3.63) is 51.3 Å². The van der Waals surface area contributed by atoms with Crippen molar-refractivity contribution < 1.29 is 0 Å². The van der Waals surface area contributed by atoms with E-state index in [2.05, 4.69) is 5.10 Å². The van der Waals surface area contributed by atoms with Crippen molar-refractivity contribution in [1.82, 2.24) is 9.78 Å². The summed E-state index contributed by atoms with van der Waals surface area (Å²) >= 11 is 12.3. The zero-order valence-corrected chi connectivity index (χ0v) is 12.7. The van der Waals surface area contributed by atoms with E-state index in [1.54, 1.807) is 6.20 Å². The lowest BCUT2D eigenvalue weighted by Gasteiger charge is -2.18. The second-order valence-electron chi connectivity index (χ2n) is 4.90. The Kier molecular flexibility index (Phi) is 4.19. The van der Waals surface area contributed by atoms with Crippen LogP contribution in [0.2, 0.25) is 10.0 Å². The van der Waals surface area contributed by atoms with Gasteiger partial charge in [-0.05, 0) is 38.0 Å². The van der Waals surface area contributed by atoms with Gasteiger partial charge in [0.1, 0.15) is 0 Å². The lowest BCUT2D eigenvalue weighted by molar-refractivity contribution is 0.499. The second-order valence-corrected chi connectivity index (χ2v) is 5.72. The Balaban J connectivity index is 2.46. The zero-order valence-electron chi connectivity index (χ0n) is 11.2. The number of halogens is 2. The summed E-state index contributed by atoms with van der Waals surface area (Å²) in [6, 6.07) is 5.67. The van der Waals surface area contributed by atoms with Crippen LogP contribution >= 0.6 is 23.2 Å². The molecule has 0 spiro atoms. The van der Waals surface area contributed by atoms with Crippen LogP contribution in [0.15, 0.2) is 24.4 Å². The van der Waals surface area contributed by atoms with Gasteiger partial charge in [0.15, 0.2) is 0 Å². The van der Waals surface area contributed by atoms with Crippen molar-refractivity contribution in [2.45, 2.75) is 32.9 Å². The molecule has 0 aliphatic rings. The normalized spacial score (nSPS) is 13.0. The van der Waals surface area contributed by atoms with E-state index in [0.717, 1.165) is 21.8 Å². The number of benzene rings is 1. The Morgan fingerprint density at radius 1 is 1.21 bits per heavy atom. The molecule has 0 bridgehead atoms. The molecule has 0 radical (unpaired) electrons. The Morgan fingerprint density at radius 2 is 1.89 bits per heavy atom. The molecule has 0 saturated heterocycles. The van der Waals surface area contributed by atoms with Gasteiger partial charge in [0.05, 0.1) is 23.0 Å². The number of aryl methyl sites for hydroxylation is 1. The number of nitrogens with two attached hydrogens (primary N) is 1. The molecule has 2 aromatic rings. The van der Waals surface area contributed by atoms with E-state index in [-0.39, 0.29) is 12.1 Å². The Morgan fingerprint density at radius 3 is 2.47 bits per heavy atom. The first-order chi connectivity index (χ1) is 8.91. The van der Waals surface area contributed by atoms with Crippen molar-refractivity contribution in [3.63, 3.8) is 0 Å². The van der Waals surface area contributed by atoms with Gasteiger partial charge in [0.25, 0.3) is 0 Å². The minimum atomic E-state index is -0.312. The van der Waals surface area contributed by atoms with Gasteiger partial charge >= 0.3 is 0 Å². The molecule has 0 aliphatic carbocycles. The quantitative estimate of drug-likeness (QED) is 0.926. The molecule has 2 rings (SSSR count). The molecular formula is C14H17Cl2N3. The molecule has 0 amide bonds. The number of nitrogens with zero attached hydrogens (tertiary/aromatic N) is 2. The van der Waals surface area contributed by atoms with Crippen LogP contribution in [0.5, 0.6) is 0 Å². The molecular weight excluding hydrogens is 281 g/mol. The number of rotatable bonds is 3. The maximum Gasteiger partial charge on any atom is 0.0837 e. The lowest BCUT2D eigenvalue weighted by atomic mass is 10.0. The van der Waals surface area contributed by atoms with Gasteiger partial charge < -0.3 is 5.73 Å². The van der Waals surface area contributed by atoms with Crippen LogP contribution < -0.4 is 5.73 Å². The van der Waals surface area contributed by atoms with Gasteiger partial charge in [-0.2, -0.15) is 5.10 Å². The number of aromatic nitrogens is 2. The summed E-state index contributed by atoms with van der Waals surface area (Å²) in [5.41, 5.74) is 9.14. The molecule has 102 valence electrons. The van der Waals surface area contributed by atoms with Crippen LogP contribution in [-0.2, 0) is 0 Å². The maximum absolute atomic E-state index is 6.33. The molecule has 3 nitrogen and oxygen atoms in total. The molecule has 0 saturated carbocycles. The number of hydrogen-bond donors (Lipinski definition) is 1. The fourth-order valence-corrected chi connectivity index (χ4v) is 2.44. The molecule has 2 N–H and O–H groups in total. The Labute approximate surface area is 123 Å². The van der Waals surface area contributed by atoms with Gasteiger partial charge in [-0.1, -0.05) is 35.3 Å². The van der Waals surface area contributed by atoms with Gasteiger partial charge in [0, 0.05) is 11.1 Å². The highest BCUT2D eigenvalue weighted by atomic mass is 35.5. The molecule has 19 heavy (non-hydrogen) atoms. The first-order valence-electron chi connectivity index (χ1n) is 6.16. The first kappa shape index (κ1) is 14.4. The van der Waals surface area contributed by atoms with Crippen molar-refractivity contribution in [3.8, 4) is 0 Å². The largest absolute Gasteiger partial charge is 0.319 e. The van der Waals surface area contributed by atoms with Crippen LogP contribution in [-0.4, -0.2) is 9.78 Å². The van der Waals surface area contributed by atoms with Gasteiger partial charge in [-0.15, -0.1) is 0 Å². The van der Waals surface area contributed by atoms with Crippen LogP contribution in [0.4, 0.5) is 0 Å². The highest BCUT2D eigenvalue weighted by Gasteiger charge is 2.20. The first-order valence-corrected chi connectivity index (χ1v) is 6.92. The average Bonchev–Trinajstić information content (AvgIpc) is 2.74. The van der Waals surface area contributed by atoms with Gasteiger partial charge in [-0.25, -0.2) is 0 Å². The van der Waals surface area contributed by atoms with Crippen molar-refractivity contribution in [1.29, 1.82) is 0 Å². The monoisotopic (exact) mass is 297 g/mol. The molecule has 1 atom stereocenters. The smallest absolute Gasteiger partial charge is 0.0837 e. The topological polar surface area (TPSA) is 43.8 Å². The summed E-state index contributed by atoms with van der Waals surface area (Å²) < 4.78 is 1.86. The van der Waals surface area contributed by atoms with Crippen LogP contribution in [0.3, 0.4) is 0 Å². The van der Waals surface area contributed by atoms with Crippen molar-refractivity contribution in [2.75, 3.05) is 0 Å². The minimum Gasteiger partial charge on any atom is -0.319 e. The molecule has 0 fully saturated rings. The minimum absolute atomic E-state index is 0.210. The SMILES string of the molecule is Cc1cc(C(N)c2c(Cl)cnn2C(C)C)ccc1Cl. The fraction of sp³-hybridized carbons (Fsp3) is 0.357. The molecule has 0 aliphatic heterocycles. The predicted octanol–water partition coefficient (Wildman–Crippen LogP) is 4.13. The average molecular weight is 298 g/mol. The van der Waals surface area contributed by atoms with E-state index in [4.69, 9.17) is 28.9 Å². The van der Waals surface area contributed by atoms with Crippen LogP contribution in [0.25, 0.3) is 0 Å². The summed E-state index contributed by atoms with van der Waals surface area (Å²) in [4.78, 5) is 0. The summed E-state index contributed by atoms with van der Waals surface area (Å²) in [6.45, 7) is 6.05. The van der Waals surface area contributed by atoms with Crippen LogP contribution in [0, 0.1) is 6.92 Å². The van der Waals surface area contributed by atoms with Crippen molar-refractivity contribution in [2.24, 2.45) is 5.73 Å². The second kappa shape index (κ2) is 5.53. The molecule has 1 aromatic carbocycles. The summed E-state index contributed by atoms with van der Waals surface area (Å²) in [5.74, 6) is 0. The number of hydrogen-bond acceptors (Lipinski definition) is 2. The summed E-state index contributed by atoms with van der Waals surface area (Å²) in [5, 5.41) is 5.61. The Bertz CT molecular complexity index is 590. The highest BCUT2D eigenvalue weighted by molar-refractivity contribution is 6.31.